The molecule has 34 heavy (non-hydrogen) atoms. The maximum Gasteiger partial charge on any atom is 0.254 e. The molecule has 6 nitrogen and oxygen atoms in total. The normalized spacial score (nSPS) is 17.4. The monoisotopic (exact) mass is 478 g/mol. The Morgan fingerprint density at radius 2 is 1.88 bits per heavy atom. The Bertz CT molecular complexity index is 1160. The molecule has 0 saturated heterocycles. The first-order valence-corrected chi connectivity index (χ1v) is 12.2. The maximum atomic E-state index is 13.8. The van der Waals surface area contributed by atoms with Crippen LogP contribution >= 0.6 is 11.3 Å². The van der Waals surface area contributed by atoms with E-state index in [1.54, 1.807) is 25.6 Å². The smallest absolute Gasteiger partial charge is 0.254 e. The average Bonchev–Trinajstić information content (AvgIpc) is 3.38. The number of hydrogen-bond donors (Lipinski definition) is 1. The van der Waals surface area contributed by atoms with Gasteiger partial charge in [-0.25, -0.2) is 0 Å². The fraction of sp³-hybridized carbons (Fsp3) is 0.333. The molecule has 2 heterocycles. The van der Waals surface area contributed by atoms with Crippen LogP contribution in [0.4, 0.5) is 0 Å². The van der Waals surface area contributed by atoms with E-state index in [-0.39, 0.29) is 30.3 Å². The van der Waals surface area contributed by atoms with Gasteiger partial charge in [-0.3, -0.25) is 9.59 Å². The zero-order valence-electron chi connectivity index (χ0n) is 19.9. The number of nitrogens with zero attached hydrogens (tertiary/aromatic N) is 1. The van der Waals surface area contributed by atoms with E-state index in [0.717, 1.165) is 16.0 Å². The van der Waals surface area contributed by atoms with E-state index in [1.165, 1.54) is 0 Å². The lowest BCUT2D eigenvalue weighted by molar-refractivity contribution is -0.124. The predicted octanol–water partition coefficient (Wildman–Crippen LogP) is 5.02. The van der Waals surface area contributed by atoms with Crippen LogP contribution < -0.4 is 14.8 Å². The topological polar surface area (TPSA) is 67.9 Å². The first-order valence-electron chi connectivity index (χ1n) is 11.4. The SMILES string of the molecule is COc1ccc(OC)c(CNC(=O)C2c3ccccc3C(=O)N(CC(C)C)C2c2cccs2)c1. The number of methoxy groups -OCH3 is 2. The molecule has 0 aliphatic carbocycles. The summed E-state index contributed by atoms with van der Waals surface area (Å²) in [4.78, 5) is 30.2. The van der Waals surface area contributed by atoms with Gasteiger partial charge in [-0.15, -0.1) is 11.3 Å². The molecule has 1 aliphatic rings. The molecule has 4 rings (SSSR count). The number of carbonyl (C=O) groups excluding carboxylic acids is 2. The van der Waals surface area contributed by atoms with Crippen molar-refractivity contribution in [3.05, 3.63) is 81.5 Å². The second-order valence-electron chi connectivity index (χ2n) is 8.77. The number of carbonyl (C=O) groups is 2. The van der Waals surface area contributed by atoms with Crippen LogP contribution in [0.1, 0.15) is 52.2 Å². The van der Waals surface area contributed by atoms with Crippen LogP contribution in [0.2, 0.25) is 0 Å². The van der Waals surface area contributed by atoms with Crippen LogP contribution in [0.15, 0.2) is 60.0 Å². The number of benzene rings is 2. The lowest BCUT2D eigenvalue weighted by Crippen LogP contribution is -2.48. The molecule has 178 valence electrons. The maximum absolute atomic E-state index is 13.8. The third-order valence-electron chi connectivity index (χ3n) is 6.06. The minimum Gasteiger partial charge on any atom is -0.497 e. The average molecular weight is 479 g/mol. The highest BCUT2D eigenvalue weighted by atomic mass is 32.1. The van der Waals surface area contributed by atoms with Crippen molar-refractivity contribution in [3.63, 3.8) is 0 Å². The van der Waals surface area contributed by atoms with Gasteiger partial charge in [-0.1, -0.05) is 38.1 Å². The van der Waals surface area contributed by atoms with Crippen LogP contribution in [0.25, 0.3) is 0 Å². The highest BCUT2D eigenvalue weighted by Gasteiger charge is 2.44. The minimum absolute atomic E-state index is 0.0267. The van der Waals surface area contributed by atoms with E-state index < -0.39 is 5.92 Å². The Morgan fingerprint density at radius 3 is 2.56 bits per heavy atom. The summed E-state index contributed by atoms with van der Waals surface area (Å²) in [5.74, 6) is 0.956. The Hall–Kier alpha value is -3.32. The lowest BCUT2D eigenvalue weighted by atomic mass is 9.81. The number of fused-ring (bicyclic) bond motifs is 1. The molecule has 2 aromatic carbocycles. The number of ether oxygens (including phenoxy) is 2. The van der Waals surface area contributed by atoms with Gasteiger partial charge >= 0.3 is 0 Å². The number of amides is 2. The number of nitrogens with one attached hydrogen (secondary N) is 1. The molecule has 2 amide bonds. The summed E-state index contributed by atoms with van der Waals surface area (Å²) in [6.07, 6.45) is 0. The van der Waals surface area contributed by atoms with Crippen molar-refractivity contribution in [1.82, 2.24) is 10.2 Å². The largest absolute Gasteiger partial charge is 0.497 e. The van der Waals surface area contributed by atoms with Gasteiger partial charge in [0.2, 0.25) is 5.91 Å². The predicted molar refractivity (Wildman–Crippen MR) is 134 cm³/mol. The molecule has 2 unspecified atom stereocenters. The molecule has 0 bridgehead atoms. The summed E-state index contributed by atoms with van der Waals surface area (Å²) in [5, 5.41) is 5.10. The van der Waals surface area contributed by atoms with Crippen LogP contribution in [-0.2, 0) is 11.3 Å². The first kappa shape index (κ1) is 23.8. The lowest BCUT2D eigenvalue weighted by Gasteiger charge is -2.42. The van der Waals surface area contributed by atoms with Gasteiger partial charge in [-0.05, 0) is 47.2 Å². The summed E-state index contributed by atoms with van der Waals surface area (Å²) >= 11 is 1.57. The van der Waals surface area contributed by atoms with Crippen molar-refractivity contribution in [2.75, 3.05) is 20.8 Å². The highest BCUT2D eigenvalue weighted by molar-refractivity contribution is 7.10. The highest BCUT2D eigenvalue weighted by Crippen LogP contribution is 2.44. The van der Waals surface area contributed by atoms with E-state index in [1.807, 2.05) is 64.9 Å². The summed E-state index contributed by atoms with van der Waals surface area (Å²) < 4.78 is 10.8. The van der Waals surface area contributed by atoms with Crippen molar-refractivity contribution >= 4 is 23.2 Å². The Labute approximate surface area is 204 Å². The molecule has 3 aromatic rings. The molecule has 1 aromatic heterocycles. The molecule has 0 saturated carbocycles. The molecule has 0 spiro atoms. The van der Waals surface area contributed by atoms with Crippen molar-refractivity contribution in [2.45, 2.75) is 32.4 Å². The molecule has 2 atom stereocenters. The quantitative estimate of drug-likeness (QED) is 0.494. The van der Waals surface area contributed by atoms with Gasteiger partial charge in [0, 0.05) is 29.1 Å². The van der Waals surface area contributed by atoms with Gasteiger partial charge in [0.15, 0.2) is 0 Å². The Morgan fingerprint density at radius 1 is 1.09 bits per heavy atom. The van der Waals surface area contributed by atoms with Crippen LogP contribution in [0.3, 0.4) is 0 Å². The molecule has 1 N–H and O–H groups in total. The van der Waals surface area contributed by atoms with Crippen LogP contribution in [-0.4, -0.2) is 37.5 Å². The fourth-order valence-corrected chi connectivity index (χ4v) is 5.43. The summed E-state index contributed by atoms with van der Waals surface area (Å²) in [6, 6.07) is 16.6. The molecule has 0 fully saturated rings. The van der Waals surface area contributed by atoms with Gasteiger partial charge in [0.1, 0.15) is 11.5 Å². The second-order valence-corrected chi connectivity index (χ2v) is 9.75. The Kier molecular flexibility index (Phi) is 7.22. The molecule has 1 aliphatic heterocycles. The van der Waals surface area contributed by atoms with E-state index >= 15 is 0 Å². The van der Waals surface area contributed by atoms with Gasteiger partial charge < -0.3 is 19.7 Å². The van der Waals surface area contributed by atoms with E-state index in [9.17, 15) is 9.59 Å². The zero-order chi connectivity index (χ0) is 24.2. The third kappa shape index (κ3) is 4.66. The number of hydrogen-bond acceptors (Lipinski definition) is 5. The van der Waals surface area contributed by atoms with E-state index in [4.69, 9.17) is 9.47 Å². The van der Waals surface area contributed by atoms with Crippen LogP contribution in [0.5, 0.6) is 11.5 Å². The standard InChI is InChI=1S/C27H30N2O4S/c1-17(2)16-29-25(23-10-7-13-34-23)24(20-8-5-6-9-21(20)27(29)31)26(30)28-15-18-14-19(32-3)11-12-22(18)33-4/h5-14,17,24-25H,15-16H2,1-4H3,(H,28,30). The second kappa shape index (κ2) is 10.3. The zero-order valence-corrected chi connectivity index (χ0v) is 20.7. The van der Waals surface area contributed by atoms with Crippen LogP contribution in [0, 0.1) is 5.92 Å². The fourth-order valence-electron chi connectivity index (χ4n) is 4.56. The first-order chi connectivity index (χ1) is 16.4. The summed E-state index contributed by atoms with van der Waals surface area (Å²) in [6.45, 7) is 5.03. The number of thiophene rings is 1. The molecule has 7 heteroatoms. The Balaban J connectivity index is 1.72. The van der Waals surface area contributed by atoms with Gasteiger partial charge in [0.25, 0.3) is 5.91 Å². The van der Waals surface area contributed by atoms with Crippen molar-refractivity contribution in [3.8, 4) is 11.5 Å². The third-order valence-corrected chi connectivity index (χ3v) is 7.00. The summed E-state index contributed by atoms with van der Waals surface area (Å²) in [5.41, 5.74) is 2.18. The van der Waals surface area contributed by atoms with Gasteiger partial charge in [0.05, 0.1) is 26.2 Å². The molecular weight excluding hydrogens is 448 g/mol. The van der Waals surface area contributed by atoms with E-state index in [0.29, 0.717) is 23.6 Å². The van der Waals surface area contributed by atoms with E-state index in [2.05, 4.69) is 19.2 Å². The minimum atomic E-state index is -0.525. The van der Waals surface area contributed by atoms with Crippen molar-refractivity contribution < 1.29 is 19.1 Å². The molecular formula is C27H30N2O4S. The summed E-state index contributed by atoms with van der Waals surface area (Å²) in [7, 11) is 3.21. The van der Waals surface area contributed by atoms with Gasteiger partial charge in [-0.2, -0.15) is 0 Å². The van der Waals surface area contributed by atoms with Crippen molar-refractivity contribution in [1.29, 1.82) is 0 Å². The van der Waals surface area contributed by atoms with Crippen molar-refractivity contribution in [2.24, 2.45) is 5.92 Å². The number of rotatable bonds is 8. The molecule has 0 radical (unpaired) electrons.